The summed E-state index contributed by atoms with van der Waals surface area (Å²) < 4.78 is 10.9. The second-order valence-electron chi connectivity index (χ2n) is 10.2. The van der Waals surface area contributed by atoms with Gasteiger partial charge in [0, 0.05) is 63.4 Å². The Balaban J connectivity index is 1.31. The molecular weight excluding hydrogens is 462 g/mol. The first-order valence-corrected chi connectivity index (χ1v) is 12.6. The highest BCUT2D eigenvalue weighted by Crippen LogP contribution is 2.41. The van der Waals surface area contributed by atoms with Gasteiger partial charge in [0.15, 0.2) is 0 Å². The molecule has 0 bridgehead atoms. The lowest BCUT2D eigenvalue weighted by atomic mass is 9.99. The van der Waals surface area contributed by atoms with E-state index < -0.39 is 0 Å². The average Bonchev–Trinajstić information content (AvgIpc) is 3.49. The first kappa shape index (κ1) is 23.2. The van der Waals surface area contributed by atoms with Crippen LogP contribution in [-0.4, -0.2) is 114 Å². The predicted octanol–water partition coefficient (Wildman–Crippen LogP) is 0.630. The predicted molar refractivity (Wildman–Crippen MR) is 134 cm³/mol. The van der Waals surface area contributed by atoms with Gasteiger partial charge in [-0.1, -0.05) is 0 Å². The summed E-state index contributed by atoms with van der Waals surface area (Å²) in [5.74, 6) is 1.87. The van der Waals surface area contributed by atoms with Crippen molar-refractivity contribution in [2.24, 2.45) is 0 Å². The zero-order chi connectivity index (χ0) is 24.9. The number of hydrogen-bond donors (Lipinski definition) is 1. The number of nitrogen functional groups attached to an aromatic ring is 1. The van der Waals surface area contributed by atoms with Crippen LogP contribution in [0.2, 0.25) is 0 Å². The Labute approximate surface area is 210 Å². The normalized spacial score (nSPS) is 24.3. The molecule has 0 aromatic carbocycles. The SMILES string of the molecule is COC1CN(C(=O)N2CC[C@](C)(N3CCc4c(-c5cnc(N)nc5)nc(N5CCOCC5)nc43)C2)C1. The summed E-state index contributed by atoms with van der Waals surface area (Å²) in [6, 6.07) is 0.0999. The summed E-state index contributed by atoms with van der Waals surface area (Å²) in [4.78, 5) is 40.0. The molecule has 36 heavy (non-hydrogen) atoms. The highest BCUT2D eigenvalue weighted by Gasteiger charge is 2.46. The molecule has 1 atom stereocenters. The number of ether oxygens (including phenoxy) is 2. The lowest BCUT2D eigenvalue weighted by Crippen LogP contribution is -2.58. The zero-order valence-electron chi connectivity index (χ0n) is 20.9. The van der Waals surface area contributed by atoms with E-state index in [1.807, 2.05) is 9.80 Å². The fourth-order valence-electron chi connectivity index (χ4n) is 5.65. The van der Waals surface area contributed by atoms with Crippen molar-refractivity contribution in [1.82, 2.24) is 29.7 Å². The number of anilines is 3. The lowest BCUT2D eigenvalue weighted by Gasteiger charge is -2.41. The molecule has 2 aromatic rings. The van der Waals surface area contributed by atoms with E-state index in [1.54, 1.807) is 19.5 Å². The Kier molecular flexibility index (Phi) is 5.79. The van der Waals surface area contributed by atoms with E-state index in [2.05, 4.69) is 26.7 Å². The maximum Gasteiger partial charge on any atom is 0.320 e. The Hall–Kier alpha value is -3.25. The molecule has 3 saturated heterocycles. The molecule has 0 unspecified atom stereocenters. The minimum atomic E-state index is -0.210. The largest absolute Gasteiger partial charge is 0.378 e. The number of amides is 2. The molecule has 2 aromatic heterocycles. The number of fused-ring (bicyclic) bond motifs is 1. The van der Waals surface area contributed by atoms with Crippen LogP contribution < -0.4 is 15.5 Å². The molecule has 12 nitrogen and oxygen atoms in total. The smallest absolute Gasteiger partial charge is 0.320 e. The summed E-state index contributed by atoms with van der Waals surface area (Å²) in [7, 11) is 1.70. The number of carbonyl (C=O) groups is 1. The first-order chi connectivity index (χ1) is 17.4. The van der Waals surface area contributed by atoms with Gasteiger partial charge in [0.05, 0.1) is 43.6 Å². The van der Waals surface area contributed by atoms with Crippen LogP contribution in [0.5, 0.6) is 0 Å². The third-order valence-corrected chi connectivity index (χ3v) is 7.88. The minimum absolute atomic E-state index is 0.0999. The van der Waals surface area contributed by atoms with Gasteiger partial charge in [-0.2, -0.15) is 4.98 Å². The minimum Gasteiger partial charge on any atom is -0.378 e. The van der Waals surface area contributed by atoms with Crippen LogP contribution in [0.4, 0.5) is 22.5 Å². The van der Waals surface area contributed by atoms with Crippen LogP contribution in [-0.2, 0) is 15.9 Å². The fourth-order valence-corrected chi connectivity index (χ4v) is 5.65. The molecule has 0 radical (unpaired) electrons. The third kappa shape index (κ3) is 3.97. The number of urea groups is 1. The van der Waals surface area contributed by atoms with E-state index in [1.165, 1.54) is 0 Å². The highest BCUT2D eigenvalue weighted by molar-refractivity contribution is 5.77. The number of hydrogen-bond acceptors (Lipinski definition) is 10. The molecule has 6 rings (SSSR count). The molecule has 0 saturated carbocycles. The van der Waals surface area contributed by atoms with Crippen LogP contribution in [0.3, 0.4) is 0 Å². The Morgan fingerprint density at radius 3 is 2.58 bits per heavy atom. The quantitative estimate of drug-likeness (QED) is 0.645. The molecule has 2 amide bonds. The molecule has 6 heterocycles. The average molecular weight is 496 g/mol. The van der Waals surface area contributed by atoms with Gasteiger partial charge in [0.2, 0.25) is 11.9 Å². The maximum atomic E-state index is 13.1. The molecule has 0 spiro atoms. The van der Waals surface area contributed by atoms with Gasteiger partial charge >= 0.3 is 6.03 Å². The van der Waals surface area contributed by atoms with Crippen molar-refractivity contribution in [3.05, 3.63) is 18.0 Å². The van der Waals surface area contributed by atoms with Gasteiger partial charge < -0.3 is 34.8 Å². The first-order valence-electron chi connectivity index (χ1n) is 12.6. The number of carbonyl (C=O) groups excluding carboxylic acids is 1. The molecule has 0 aliphatic carbocycles. The fraction of sp³-hybridized carbons (Fsp3) is 0.625. The van der Waals surface area contributed by atoms with Gasteiger partial charge in [-0.3, -0.25) is 0 Å². The summed E-state index contributed by atoms with van der Waals surface area (Å²) in [6.07, 6.45) is 5.32. The molecule has 192 valence electrons. The van der Waals surface area contributed by atoms with E-state index >= 15 is 0 Å². The van der Waals surface area contributed by atoms with Crippen LogP contribution in [0.1, 0.15) is 18.9 Å². The summed E-state index contributed by atoms with van der Waals surface area (Å²) in [5.41, 5.74) is 8.31. The highest BCUT2D eigenvalue weighted by atomic mass is 16.5. The number of likely N-dealkylation sites (tertiary alicyclic amines) is 2. The van der Waals surface area contributed by atoms with E-state index in [0.717, 1.165) is 61.7 Å². The Bertz CT molecular complexity index is 1130. The number of methoxy groups -OCH3 is 1. The van der Waals surface area contributed by atoms with Crippen molar-refractivity contribution in [2.75, 3.05) is 81.7 Å². The van der Waals surface area contributed by atoms with E-state index in [0.29, 0.717) is 38.8 Å². The molecule has 4 aliphatic heterocycles. The zero-order valence-corrected chi connectivity index (χ0v) is 20.9. The molecule has 12 heteroatoms. The second-order valence-corrected chi connectivity index (χ2v) is 10.2. The van der Waals surface area contributed by atoms with Crippen molar-refractivity contribution in [1.29, 1.82) is 0 Å². The van der Waals surface area contributed by atoms with Crippen molar-refractivity contribution in [2.45, 2.75) is 31.4 Å². The van der Waals surface area contributed by atoms with E-state index in [-0.39, 0.29) is 23.6 Å². The number of nitrogens with zero attached hydrogens (tertiary/aromatic N) is 8. The number of nitrogens with two attached hydrogens (primary N) is 1. The number of aromatic nitrogens is 4. The Morgan fingerprint density at radius 2 is 1.86 bits per heavy atom. The van der Waals surface area contributed by atoms with Crippen molar-refractivity contribution < 1.29 is 14.3 Å². The maximum absolute atomic E-state index is 13.1. The van der Waals surface area contributed by atoms with E-state index in [4.69, 9.17) is 25.2 Å². The van der Waals surface area contributed by atoms with Gasteiger partial charge in [-0.05, 0) is 19.8 Å². The third-order valence-electron chi connectivity index (χ3n) is 7.88. The van der Waals surface area contributed by atoms with Crippen LogP contribution in [0.25, 0.3) is 11.3 Å². The molecule has 4 aliphatic rings. The van der Waals surface area contributed by atoms with Crippen LogP contribution >= 0.6 is 0 Å². The standard InChI is InChI=1S/C24H33N9O3/c1-24(4-6-31(15-24)23(34)32-13-17(14-32)35-2)33-5-3-18-19(16-11-26-21(25)27-12-16)28-22(29-20(18)33)30-7-9-36-10-8-30/h11-12,17H,3-10,13-15H2,1-2H3,(H2,25,26,27)/t24-/m0/s1. The molecule has 2 N–H and O–H groups in total. The van der Waals surface area contributed by atoms with E-state index in [9.17, 15) is 4.79 Å². The van der Waals surface area contributed by atoms with Gasteiger partial charge in [0.1, 0.15) is 5.82 Å². The van der Waals surface area contributed by atoms with Crippen LogP contribution in [0.15, 0.2) is 12.4 Å². The summed E-state index contributed by atoms with van der Waals surface area (Å²) >= 11 is 0. The topological polar surface area (TPSA) is 126 Å². The number of morpholine rings is 1. The van der Waals surface area contributed by atoms with Crippen molar-refractivity contribution in [3.8, 4) is 11.3 Å². The molecular formula is C24H33N9O3. The van der Waals surface area contributed by atoms with Crippen LogP contribution in [0, 0.1) is 0 Å². The molecule has 3 fully saturated rings. The summed E-state index contributed by atoms with van der Waals surface area (Å²) in [5, 5.41) is 0. The lowest BCUT2D eigenvalue weighted by molar-refractivity contribution is -0.0145. The second kappa shape index (κ2) is 9.00. The summed E-state index contributed by atoms with van der Waals surface area (Å²) in [6.45, 7) is 8.59. The van der Waals surface area contributed by atoms with Gasteiger partial charge in [-0.15, -0.1) is 0 Å². The number of rotatable bonds is 4. The van der Waals surface area contributed by atoms with Crippen molar-refractivity contribution >= 4 is 23.7 Å². The van der Waals surface area contributed by atoms with Gasteiger partial charge in [0.25, 0.3) is 0 Å². The monoisotopic (exact) mass is 495 g/mol. The Morgan fingerprint density at radius 1 is 1.11 bits per heavy atom. The van der Waals surface area contributed by atoms with Crippen molar-refractivity contribution in [3.63, 3.8) is 0 Å². The van der Waals surface area contributed by atoms with Gasteiger partial charge in [-0.25, -0.2) is 19.7 Å².